The average Bonchev–Trinajstić information content (AvgIpc) is 3.04. The molecule has 0 spiro atoms. The van der Waals surface area contributed by atoms with Crippen molar-refractivity contribution < 1.29 is 28.7 Å². The zero-order chi connectivity index (χ0) is 29.3. The quantitative estimate of drug-likeness (QED) is 0.213. The van der Waals surface area contributed by atoms with E-state index in [1.165, 1.54) is 24.3 Å². The van der Waals surface area contributed by atoms with Crippen molar-refractivity contribution in [1.82, 2.24) is 21.7 Å². The predicted molar refractivity (Wildman–Crippen MR) is 157 cm³/mol. The first-order chi connectivity index (χ1) is 20.5. The number of hydrogen-bond donors (Lipinski definition) is 4. The van der Waals surface area contributed by atoms with E-state index in [2.05, 4.69) is 21.7 Å². The Labute approximate surface area is 240 Å². The third-order valence-corrected chi connectivity index (χ3v) is 6.26. The molecule has 5 rings (SSSR count). The van der Waals surface area contributed by atoms with Crippen LogP contribution >= 0.6 is 0 Å². The molecule has 0 heterocycles. The van der Waals surface area contributed by atoms with E-state index in [0.717, 1.165) is 21.5 Å². The molecule has 0 saturated carbocycles. The topological polar surface area (TPSA) is 135 Å². The highest BCUT2D eigenvalue weighted by atomic mass is 16.5. The van der Waals surface area contributed by atoms with E-state index in [1.807, 2.05) is 72.8 Å². The summed E-state index contributed by atoms with van der Waals surface area (Å²) in [5.41, 5.74) is 9.63. The molecule has 4 amide bonds. The highest BCUT2D eigenvalue weighted by Crippen LogP contribution is 2.26. The third kappa shape index (κ3) is 6.80. The Hall–Kier alpha value is -5.90. The van der Waals surface area contributed by atoms with E-state index in [9.17, 15) is 19.2 Å². The Morgan fingerprint density at radius 3 is 1.26 bits per heavy atom. The van der Waals surface area contributed by atoms with Crippen molar-refractivity contribution in [1.29, 1.82) is 0 Å². The first-order valence-electron chi connectivity index (χ1n) is 13.0. The van der Waals surface area contributed by atoms with Crippen molar-refractivity contribution in [3.63, 3.8) is 0 Å². The SMILES string of the molecule is O=C(COc1cccc2ccccc12)NNC(=O)c1ccc(C(=O)NNC(=O)COc2cccc3ccccc23)cc1. The summed E-state index contributed by atoms with van der Waals surface area (Å²) in [6.45, 7) is -0.599. The van der Waals surface area contributed by atoms with E-state index < -0.39 is 23.6 Å². The number of carbonyl (C=O) groups excluding carboxylic acids is 4. The van der Waals surface area contributed by atoms with Crippen molar-refractivity contribution in [3.8, 4) is 11.5 Å². The summed E-state index contributed by atoms with van der Waals surface area (Å²) >= 11 is 0. The van der Waals surface area contributed by atoms with Crippen LogP contribution in [-0.2, 0) is 9.59 Å². The van der Waals surface area contributed by atoms with E-state index >= 15 is 0 Å². The number of benzene rings is 5. The maximum atomic E-state index is 12.4. The number of rotatable bonds is 8. The van der Waals surface area contributed by atoms with Gasteiger partial charge < -0.3 is 9.47 Å². The molecule has 0 bridgehead atoms. The predicted octanol–water partition coefficient (Wildman–Crippen LogP) is 3.67. The van der Waals surface area contributed by atoms with Crippen LogP contribution in [0.4, 0.5) is 0 Å². The molecule has 0 aliphatic rings. The van der Waals surface area contributed by atoms with Crippen molar-refractivity contribution in [2.24, 2.45) is 0 Å². The number of ether oxygens (including phenoxy) is 2. The standard InChI is InChI=1S/C32H26N4O6/c37-29(19-41-27-13-5-9-21-7-1-3-11-25(21)27)33-35-31(39)23-15-17-24(18-16-23)32(40)36-34-30(38)20-42-28-14-6-10-22-8-2-4-12-26(22)28/h1-18H,19-20H2,(H,33,37)(H,34,38)(H,35,39)(H,36,40). The molecule has 0 unspecified atom stereocenters. The summed E-state index contributed by atoms with van der Waals surface area (Å²) in [5.74, 6) is -1.16. The molecule has 10 heteroatoms. The molecular weight excluding hydrogens is 536 g/mol. The normalized spacial score (nSPS) is 10.5. The monoisotopic (exact) mass is 562 g/mol. The zero-order valence-corrected chi connectivity index (χ0v) is 22.3. The first kappa shape index (κ1) is 27.7. The molecule has 0 aliphatic carbocycles. The van der Waals surface area contributed by atoms with Crippen LogP contribution in [0.2, 0.25) is 0 Å². The minimum absolute atomic E-state index is 0.203. The Morgan fingerprint density at radius 1 is 0.452 bits per heavy atom. The van der Waals surface area contributed by atoms with Gasteiger partial charge in [0.05, 0.1) is 0 Å². The van der Waals surface area contributed by atoms with Gasteiger partial charge in [0, 0.05) is 21.9 Å². The van der Waals surface area contributed by atoms with Gasteiger partial charge in [0.15, 0.2) is 13.2 Å². The van der Waals surface area contributed by atoms with E-state index in [-0.39, 0.29) is 24.3 Å². The highest BCUT2D eigenvalue weighted by molar-refractivity contribution is 5.99. The van der Waals surface area contributed by atoms with Gasteiger partial charge in [-0.05, 0) is 47.2 Å². The molecule has 0 fully saturated rings. The van der Waals surface area contributed by atoms with Crippen LogP contribution in [0.15, 0.2) is 109 Å². The third-order valence-electron chi connectivity index (χ3n) is 6.26. The van der Waals surface area contributed by atoms with Gasteiger partial charge in [-0.1, -0.05) is 72.8 Å². The van der Waals surface area contributed by atoms with Crippen molar-refractivity contribution in [2.45, 2.75) is 0 Å². The summed E-state index contributed by atoms with van der Waals surface area (Å²) < 4.78 is 11.2. The second-order valence-electron chi connectivity index (χ2n) is 9.11. The smallest absolute Gasteiger partial charge is 0.276 e. The lowest BCUT2D eigenvalue weighted by Crippen LogP contribution is -2.44. The summed E-state index contributed by atoms with van der Waals surface area (Å²) in [6, 6.07) is 32.0. The highest BCUT2D eigenvalue weighted by Gasteiger charge is 2.12. The number of nitrogens with one attached hydrogen (secondary N) is 4. The van der Waals surface area contributed by atoms with Gasteiger partial charge in [-0.3, -0.25) is 40.9 Å². The Kier molecular flexibility index (Phi) is 8.54. The largest absolute Gasteiger partial charge is 0.483 e. The molecule has 210 valence electrons. The van der Waals surface area contributed by atoms with Gasteiger partial charge in [0.2, 0.25) is 0 Å². The number of hydrogen-bond acceptors (Lipinski definition) is 6. The lowest BCUT2D eigenvalue weighted by molar-refractivity contribution is -0.124. The van der Waals surface area contributed by atoms with Crippen LogP contribution in [-0.4, -0.2) is 36.8 Å². The Balaban J connectivity index is 1.05. The maximum Gasteiger partial charge on any atom is 0.276 e. The minimum Gasteiger partial charge on any atom is -0.483 e. The van der Waals surface area contributed by atoms with Gasteiger partial charge in [-0.25, -0.2) is 0 Å². The van der Waals surface area contributed by atoms with Gasteiger partial charge in [0.25, 0.3) is 23.6 Å². The number of carbonyl (C=O) groups is 4. The van der Waals surface area contributed by atoms with Crippen LogP contribution in [0.3, 0.4) is 0 Å². The summed E-state index contributed by atoms with van der Waals surface area (Å²) in [4.78, 5) is 49.2. The van der Waals surface area contributed by atoms with Crippen LogP contribution in [0.1, 0.15) is 20.7 Å². The molecule has 0 saturated heterocycles. The fourth-order valence-electron chi connectivity index (χ4n) is 4.17. The second kappa shape index (κ2) is 13.0. The lowest BCUT2D eigenvalue weighted by Gasteiger charge is -2.11. The summed E-state index contributed by atoms with van der Waals surface area (Å²) in [5, 5.41) is 3.70. The molecule has 0 aromatic heterocycles. The number of fused-ring (bicyclic) bond motifs is 2. The van der Waals surface area contributed by atoms with Crippen LogP contribution in [0.5, 0.6) is 11.5 Å². The molecule has 4 N–H and O–H groups in total. The van der Waals surface area contributed by atoms with Crippen molar-refractivity contribution >= 4 is 45.2 Å². The number of amides is 4. The van der Waals surface area contributed by atoms with Gasteiger partial charge in [-0.15, -0.1) is 0 Å². The molecule has 42 heavy (non-hydrogen) atoms. The van der Waals surface area contributed by atoms with Crippen LogP contribution in [0.25, 0.3) is 21.5 Å². The Morgan fingerprint density at radius 2 is 0.833 bits per heavy atom. The molecule has 5 aromatic carbocycles. The van der Waals surface area contributed by atoms with Gasteiger partial charge in [0.1, 0.15) is 11.5 Å². The fourth-order valence-corrected chi connectivity index (χ4v) is 4.17. The second-order valence-corrected chi connectivity index (χ2v) is 9.11. The molecule has 0 atom stereocenters. The van der Waals surface area contributed by atoms with E-state index in [1.54, 1.807) is 12.1 Å². The van der Waals surface area contributed by atoms with Gasteiger partial charge in [-0.2, -0.15) is 0 Å². The molecule has 0 aliphatic heterocycles. The minimum atomic E-state index is -0.584. The maximum absolute atomic E-state index is 12.4. The van der Waals surface area contributed by atoms with E-state index in [4.69, 9.17) is 9.47 Å². The molecule has 10 nitrogen and oxygen atoms in total. The van der Waals surface area contributed by atoms with Crippen molar-refractivity contribution in [3.05, 3.63) is 120 Å². The lowest BCUT2D eigenvalue weighted by atomic mass is 10.1. The molecule has 0 radical (unpaired) electrons. The number of hydrazine groups is 2. The van der Waals surface area contributed by atoms with Crippen molar-refractivity contribution in [2.75, 3.05) is 13.2 Å². The van der Waals surface area contributed by atoms with Crippen LogP contribution < -0.4 is 31.2 Å². The van der Waals surface area contributed by atoms with E-state index in [0.29, 0.717) is 11.5 Å². The summed E-state index contributed by atoms with van der Waals surface area (Å²) in [7, 11) is 0. The first-order valence-corrected chi connectivity index (χ1v) is 13.0. The average molecular weight is 563 g/mol. The molecular formula is C32H26N4O6. The summed E-state index contributed by atoms with van der Waals surface area (Å²) in [6.07, 6.45) is 0. The Bertz CT molecular complexity index is 1630. The van der Waals surface area contributed by atoms with Crippen LogP contribution in [0, 0.1) is 0 Å². The van der Waals surface area contributed by atoms with Gasteiger partial charge >= 0.3 is 0 Å². The zero-order valence-electron chi connectivity index (χ0n) is 22.3. The molecule has 5 aromatic rings. The fraction of sp³-hybridized carbons (Fsp3) is 0.0625.